The van der Waals surface area contributed by atoms with E-state index >= 15 is 0 Å². The highest BCUT2D eigenvalue weighted by molar-refractivity contribution is 7.99. The zero-order valence-electron chi connectivity index (χ0n) is 8.43. The average Bonchev–Trinajstić information content (AvgIpc) is 2.64. The Labute approximate surface area is 88.0 Å². The predicted molar refractivity (Wildman–Crippen MR) is 54.9 cm³/mol. The summed E-state index contributed by atoms with van der Waals surface area (Å²) in [6.07, 6.45) is 3.22. The number of hydrogen-bond acceptors (Lipinski definition) is 4. The number of amides is 1. The highest BCUT2D eigenvalue weighted by atomic mass is 32.2. The van der Waals surface area contributed by atoms with E-state index in [1.54, 1.807) is 4.90 Å². The zero-order valence-corrected chi connectivity index (χ0v) is 9.25. The van der Waals surface area contributed by atoms with Crippen LogP contribution in [0, 0.1) is 0 Å². The predicted octanol–water partition coefficient (Wildman–Crippen LogP) is 0.859. The van der Waals surface area contributed by atoms with E-state index in [-0.39, 0.29) is 17.4 Å². The normalized spacial score (nSPS) is 23.3. The molecule has 2 unspecified atom stereocenters. The summed E-state index contributed by atoms with van der Waals surface area (Å²) >= 11 is 1.50. The van der Waals surface area contributed by atoms with Crippen LogP contribution in [-0.2, 0) is 14.3 Å². The van der Waals surface area contributed by atoms with Gasteiger partial charge in [0.1, 0.15) is 0 Å². The summed E-state index contributed by atoms with van der Waals surface area (Å²) in [7, 11) is 0. The lowest BCUT2D eigenvalue weighted by molar-refractivity contribution is -0.149. The molecule has 1 amide bonds. The van der Waals surface area contributed by atoms with Gasteiger partial charge >= 0.3 is 0 Å². The molecule has 1 saturated heterocycles. The van der Waals surface area contributed by atoms with Crippen molar-refractivity contribution >= 4 is 24.1 Å². The summed E-state index contributed by atoms with van der Waals surface area (Å²) in [5, 5.41) is -0.0640. The molecule has 0 saturated carbocycles. The third-order valence-corrected chi connectivity index (χ3v) is 3.30. The van der Waals surface area contributed by atoms with Gasteiger partial charge in [0, 0.05) is 13.0 Å². The third-order valence-electron chi connectivity index (χ3n) is 2.39. The molecule has 1 rings (SSSR count). The molecule has 0 N–H and O–H groups in total. The highest BCUT2D eigenvalue weighted by Crippen LogP contribution is 2.21. The van der Waals surface area contributed by atoms with Crippen LogP contribution in [0.15, 0.2) is 0 Å². The van der Waals surface area contributed by atoms with Gasteiger partial charge in [-0.2, -0.15) is 11.8 Å². The lowest BCUT2D eigenvalue weighted by Crippen LogP contribution is -2.41. The first kappa shape index (κ1) is 11.4. The summed E-state index contributed by atoms with van der Waals surface area (Å²) in [4.78, 5) is 23.6. The Morgan fingerprint density at radius 3 is 3.00 bits per heavy atom. The van der Waals surface area contributed by atoms with Crippen molar-refractivity contribution in [1.29, 1.82) is 0 Å². The maximum atomic E-state index is 11.8. The van der Waals surface area contributed by atoms with Crippen molar-refractivity contribution < 1.29 is 14.3 Å². The molecule has 1 heterocycles. The van der Waals surface area contributed by atoms with Crippen LogP contribution in [0.25, 0.3) is 0 Å². The van der Waals surface area contributed by atoms with E-state index in [1.807, 2.05) is 13.2 Å². The molecule has 80 valence electrons. The molecular formula is C9H15NO3S. The molecule has 0 spiro atoms. The van der Waals surface area contributed by atoms with Crippen LogP contribution in [-0.4, -0.2) is 41.6 Å². The first-order valence-electron chi connectivity index (χ1n) is 4.63. The number of rotatable bonds is 4. The van der Waals surface area contributed by atoms with Crippen molar-refractivity contribution in [3.8, 4) is 0 Å². The number of carbonyl (C=O) groups is 2. The number of carbonyl (C=O) groups excluding carboxylic acids is 2. The van der Waals surface area contributed by atoms with E-state index in [2.05, 4.69) is 0 Å². The summed E-state index contributed by atoms with van der Waals surface area (Å²) in [6.45, 7) is 2.98. The molecule has 0 aliphatic carbocycles. The van der Waals surface area contributed by atoms with Gasteiger partial charge in [-0.15, -0.1) is 0 Å². The Hall–Kier alpha value is -0.710. The third kappa shape index (κ3) is 2.41. The first-order valence-corrected chi connectivity index (χ1v) is 5.92. The van der Waals surface area contributed by atoms with Crippen molar-refractivity contribution in [1.82, 2.24) is 4.90 Å². The van der Waals surface area contributed by atoms with Crippen LogP contribution < -0.4 is 0 Å². The van der Waals surface area contributed by atoms with Crippen molar-refractivity contribution in [3.05, 3.63) is 0 Å². The molecule has 2 atom stereocenters. The van der Waals surface area contributed by atoms with Gasteiger partial charge in [-0.3, -0.25) is 9.59 Å². The van der Waals surface area contributed by atoms with E-state index < -0.39 is 0 Å². The molecule has 14 heavy (non-hydrogen) atoms. The van der Waals surface area contributed by atoms with Crippen LogP contribution in [0.3, 0.4) is 0 Å². The summed E-state index contributed by atoms with van der Waals surface area (Å²) in [6, 6.07) is 0. The number of ether oxygens (including phenoxy) is 1. The lowest BCUT2D eigenvalue weighted by atomic mass is 10.3. The van der Waals surface area contributed by atoms with Crippen molar-refractivity contribution in [2.75, 3.05) is 12.8 Å². The fourth-order valence-electron chi connectivity index (χ4n) is 1.53. The van der Waals surface area contributed by atoms with Gasteiger partial charge in [-0.25, -0.2) is 0 Å². The molecule has 1 aliphatic heterocycles. The van der Waals surface area contributed by atoms with Crippen LogP contribution >= 0.6 is 11.8 Å². The van der Waals surface area contributed by atoms with Crippen molar-refractivity contribution in [2.24, 2.45) is 0 Å². The summed E-state index contributed by atoms with van der Waals surface area (Å²) in [5.74, 6) is 0.0573. The minimum atomic E-state index is -0.338. The lowest BCUT2D eigenvalue weighted by Gasteiger charge is -2.25. The topological polar surface area (TPSA) is 46.6 Å². The quantitative estimate of drug-likeness (QED) is 0.655. The SMILES string of the molecule is CSC(C)C(=O)N1CCCC1OC=O. The average molecular weight is 217 g/mol. The molecule has 0 aromatic heterocycles. The molecule has 4 nitrogen and oxygen atoms in total. The van der Waals surface area contributed by atoms with Gasteiger partial charge in [-0.1, -0.05) is 0 Å². The number of nitrogens with zero attached hydrogens (tertiary/aromatic N) is 1. The minimum Gasteiger partial charge on any atom is -0.444 e. The van der Waals surface area contributed by atoms with Crippen LogP contribution in [0.5, 0.6) is 0 Å². The van der Waals surface area contributed by atoms with Crippen molar-refractivity contribution in [2.45, 2.75) is 31.2 Å². The standard InChI is InChI=1S/C9H15NO3S/c1-7(14-2)9(12)10-5-3-4-8(10)13-6-11/h6-8H,3-5H2,1-2H3. The van der Waals surface area contributed by atoms with E-state index in [0.29, 0.717) is 13.0 Å². The fourth-order valence-corrected chi connectivity index (χ4v) is 1.87. The maximum absolute atomic E-state index is 11.8. The van der Waals surface area contributed by atoms with Gasteiger partial charge in [0.15, 0.2) is 6.23 Å². The zero-order chi connectivity index (χ0) is 10.6. The molecular weight excluding hydrogens is 202 g/mol. The molecule has 1 aliphatic rings. The summed E-state index contributed by atoms with van der Waals surface area (Å²) < 4.78 is 4.85. The van der Waals surface area contributed by atoms with E-state index in [0.717, 1.165) is 12.8 Å². The monoisotopic (exact) mass is 217 g/mol. The first-order chi connectivity index (χ1) is 6.70. The minimum absolute atomic E-state index is 0.0573. The van der Waals surface area contributed by atoms with E-state index in [1.165, 1.54) is 11.8 Å². The number of thioether (sulfide) groups is 1. The fraction of sp³-hybridized carbons (Fsp3) is 0.778. The smallest absolute Gasteiger partial charge is 0.295 e. The van der Waals surface area contributed by atoms with Crippen LogP contribution in [0.2, 0.25) is 0 Å². The van der Waals surface area contributed by atoms with E-state index in [9.17, 15) is 9.59 Å². The van der Waals surface area contributed by atoms with Gasteiger partial charge in [0.2, 0.25) is 5.91 Å². The second kappa shape index (κ2) is 5.24. The molecule has 0 radical (unpaired) electrons. The van der Waals surface area contributed by atoms with Crippen LogP contribution in [0.1, 0.15) is 19.8 Å². The Morgan fingerprint density at radius 2 is 2.43 bits per heavy atom. The van der Waals surface area contributed by atoms with Gasteiger partial charge in [-0.05, 0) is 19.6 Å². The second-order valence-corrected chi connectivity index (χ2v) is 4.42. The molecule has 0 bridgehead atoms. The van der Waals surface area contributed by atoms with Crippen molar-refractivity contribution in [3.63, 3.8) is 0 Å². The largest absolute Gasteiger partial charge is 0.444 e. The summed E-state index contributed by atoms with van der Waals surface area (Å²) in [5.41, 5.74) is 0. The van der Waals surface area contributed by atoms with Gasteiger partial charge in [0.05, 0.1) is 5.25 Å². The Balaban J connectivity index is 2.57. The van der Waals surface area contributed by atoms with Gasteiger partial charge in [0.25, 0.3) is 6.47 Å². The molecule has 0 aromatic carbocycles. The second-order valence-electron chi connectivity index (χ2n) is 3.24. The van der Waals surface area contributed by atoms with E-state index in [4.69, 9.17) is 4.74 Å². The molecule has 1 fully saturated rings. The molecule has 5 heteroatoms. The Morgan fingerprint density at radius 1 is 1.71 bits per heavy atom. The number of likely N-dealkylation sites (tertiary alicyclic amines) is 1. The molecule has 0 aromatic rings. The maximum Gasteiger partial charge on any atom is 0.295 e. The van der Waals surface area contributed by atoms with Gasteiger partial charge < -0.3 is 9.64 Å². The van der Waals surface area contributed by atoms with Crippen LogP contribution in [0.4, 0.5) is 0 Å². The Kier molecular flexibility index (Phi) is 4.25. The number of hydrogen-bond donors (Lipinski definition) is 0. The highest BCUT2D eigenvalue weighted by Gasteiger charge is 2.32. The Bertz CT molecular complexity index is 222.